The van der Waals surface area contributed by atoms with Gasteiger partial charge < -0.3 is 10.1 Å². The predicted octanol–water partition coefficient (Wildman–Crippen LogP) is 5.56. The Hall–Kier alpha value is -3.08. The summed E-state index contributed by atoms with van der Waals surface area (Å²) in [7, 11) is 1.74. The number of ether oxygens (including phenoxy) is 1. The average molecular weight is 454 g/mol. The van der Waals surface area contributed by atoms with E-state index >= 15 is 0 Å². The van der Waals surface area contributed by atoms with E-state index in [0.717, 1.165) is 45.4 Å². The summed E-state index contributed by atoms with van der Waals surface area (Å²) in [5.41, 5.74) is -1.25. The van der Waals surface area contributed by atoms with Crippen LogP contribution in [-0.4, -0.2) is 27.4 Å². The van der Waals surface area contributed by atoms with Crippen molar-refractivity contribution >= 4 is 44.9 Å². The molecule has 0 unspecified atom stereocenters. The van der Waals surface area contributed by atoms with Crippen molar-refractivity contribution in [3.05, 3.63) is 40.4 Å². The molecular formula is C20H21F3N4O3S. The normalized spacial score (nSPS) is 12.1. The van der Waals surface area contributed by atoms with Crippen molar-refractivity contribution in [3.63, 3.8) is 0 Å². The fourth-order valence-corrected chi connectivity index (χ4v) is 3.87. The summed E-state index contributed by atoms with van der Waals surface area (Å²) < 4.78 is 46.4. The molecule has 11 heteroatoms. The molecule has 0 saturated heterocycles. The fourth-order valence-electron chi connectivity index (χ4n) is 2.85. The molecule has 0 saturated carbocycles. The summed E-state index contributed by atoms with van der Waals surface area (Å²) in [5, 5.41) is 9.90. The minimum atomic E-state index is -4.62. The van der Waals surface area contributed by atoms with E-state index in [1.807, 2.05) is 0 Å². The number of nitrogens with zero attached hydrogens (tertiary/aromatic N) is 2. The molecule has 3 aromatic rings. The van der Waals surface area contributed by atoms with Gasteiger partial charge in [-0.05, 0) is 52.0 Å². The zero-order valence-corrected chi connectivity index (χ0v) is 18.3. The summed E-state index contributed by atoms with van der Waals surface area (Å²) in [6, 6.07) is 4.29. The SMILES string of the molecule is Cc1nn(C)c2sc(C(=O)Nc3cc(C(F)(F)F)ccc3NC(=O)OC(C)(C)C)cc12. The Morgan fingerprint density at radius 1 is 1.10 bits per heavy atom. The van der Waals surface area contributed by atoms with Crippen molar-refractivity contribution in [3.8, 4) is 0 Å². The van der Waals surface area contributed by atoms with Crippen molar-refractivity contribution < 1.29 is 27.5 Å². The number of aryl methyl sites for hydroxylation is 2. The molecule has 2 amide bonds. The summed E-state index contributed by atoms with van der Waals surface area (Å²) in [6.07, 6.45) is -5.48. The van der Waals surface area contributed by atoms with Crippen LogP contribution in [0.3, 0.4) is 0 Å². The third-order valence-corrected chi connectivity index (χ3v) is 5.35. The van der Waals surface area contributed by atoms with Gasteiger partial charge in [0, 0.05) is 12.4 Å². The molecule has 2 heterocycles. The molecule has 2 aromatic heterocycles. The molecule has 0 aliphatic heterocycles. The first kappa shape index (κ1) is 22.6. The Kier molecular flexibility index (Phi) is 5.74. The molecule has 0 fully saturated rings. The zero-order valence-electron chi connectivity index (χ0n) is 17.5. The fraction of sp³-hybridized carbons (Fsp3) is 0.350. The van der Waals surface area contributed by atoms with Crippen LogP contribution in [-0.2, 0) is 18.0 Å². The number of thiophene rings is 1. The minimum absolute atomic E-state index is 0.0189. The van der Waals surface area contributed by atoms with Gasteiger partial charge >= 0.3 is 12.3 Å². The lowest BCUT2D eigenvalue weighted by Crippen LogP contribution is -2.27. The quantitative estimate of drug-likeness (QED) is 0.543. The van der Waals surface area contributed by atoms with E-state index in [9.17, 15) is 22.8 Å². The van der Waals surface area contributed by atoms with Crippen LogP contribution in [0.25, 0.3) is 10.2 Å². The highest BCUT2D eigenvalue weighted by Crippen LogP contribution is 2.35. The van der Waals surface area contributed by atoms with Crippen LogP contribution in [0.15, 0.2) is 24.3 Å². The van der Waals surface area contributed by atoms with E-state index in [2.05, 4.69) is 15.7 Å². The number of amides is 2. The predicted molar refractivity (Wildman–Crippen MR) is 113 cm³/mol. The van der Waals surface area contributed by atoms with Gasteiger partial charge in [-0.25, -0.2) is 4.79 Å². The highest BCUT2D eigenvalue weighted by molar-refractivity contribution is 7.20. The van der Waals surface area contributed by atoms with Gasteiger partial charge in [0.15, 0.2) is 0 Å². The summed E-state index contributed by atoms with van der Waals surface area (Å²) >= 11 is 1.16. The van der Waals surface area contributed by atoms with Crippen LogP contribution in [0.4, 0.5) is 29.3 Å². The highest BCUT2D eigenvalue weighted by Gasteiger charge is 2.31. The van der Waals surface area contributed by atoms with E-state index in [1.54, 1.807) is 45.5 Å². The van der Waals surface area contributed by atoms with Crippen LogP contribution in [0.1, 0.15) is 41.7 Å². The topological polar surface area (TPSA) is 85.3 Å². The van der Waals surface area contributed by atoms with Crippen LogP contribution in [0, 0.1) is 6.92 Å². The third kappa shape index (κ3) is 5.16. The third-order valence-electron chi connectivity index (χ3n) is 4.15. The Bertz CT molecular complexity index is 1120. The minimum Gasteiger partial charge on any atom is -0.444 e. The van der Waals surface area contributed by atoms with Crippen molar-refractivity contribution in [2.24, 2.45) is 7.05 Å². The van der Waals surface area contributed by atoms with E-state index in [1.165, 1.54) is 0 Å². The van der Waals surface area contributed by atoms with Gasteiger partial charge in [0.25, 0.3) is 5.91 Å². The first-order chi connectivity index (χ1) is 14.2. The Morgan fingerprint density at radius 3 is 2.35 bits per heavy atom. The van der Waals surface area contributed by atoms with Gasteiger partial charge in [-0.15, -0.1) is 11.3 Å². The van der Waals surface area contributed by atoms with Crippen molar-refractivity contribution in [1.29, 1.82) is 0 Å². The van der Waals surface area contributed by atoms with Gasteiger partial charge in [0.2, 0.25) is 0 Å². The van der Waals surface area contributed by atoms with Gasteiger partial charge in [-0.2, -0.15) is 18.3 Å². The maximum atomic E-state index is 13.2. The Morgan fingerprint density at radius 2 is 1.77 bits per heavy atom. The standard InChI is InChI=1S/C20H21F3N4O3S/c1-10-12-9-15(31-17(12)27(5)26-10)16(28)24-14-8-11(20(21,22)23)6-7-13(14)25-18(29)30-19(2,3)4/h6-9H,1-5H3,(H,24,28)(H,25,29). The monoisotopic (exact) mass is 454 g/mol. The van der Waals surface area contributed by atoms with E-state index in [-0.39, 0.29) is 11.4 Å². The number of rotatable bonds is 3. The average Bonchev–Trinajstić information content (AvgIpc) is 3.15. The second-order valence-electron chi connectivity index (χ2n) is 7.88. The van der Waals surface area contributed by atoms with Crippen LogP contribution in [0.2, 0.25) is 0 Å². The van der Waals surface area contributed by atoms with Crippen molar-refractivity contribution in [2.45, 2.75) is 39.5 Å². The maximum absolute atomic E-state index is 13.2. The van der Waals surface area contributed by atoms with Gasteiger partial charge in [0.05, 0.1) is 27.5 Å². The molecule has 0 atom stereocenters. The molecule has 0 bridgehead atoms. The molecule has 7 nitrogen and oxygen atoms in total. The molecule has 0 spiro atoms. The number of carbonyl (C=O) groups is 2. The number of fused-ring (bicyclic) bond motifs is 1. The molecule has 2 N–H and O–H groups in total. The molecule has 31 heavy (non-hydrogen) atoms. The lowest BCUT2D eigenvalue weighted by Gasteiger charge is -2.21. The number of carbonyl (C=O) groups excluding carboxylic acids is 2. The van der Waals surface area contributed by atoms with Crippen LogP contribution >= 0.6 is 11.3 Å². The maximum Gasteiger partial charge on any atom is 0.416 e. The molecule has 0 radical (unpaired) electrons. The van der Waals surface area contributed by atoms with Crippen molar-refractivity contribution in [2.75, 3.05) is 10.6 Å². The number of hydrogen-bond acceptors (Lipinski definition) is 5. The lowest BCUT2D eigenvalue weighted by atomic mass is 10.1. The first-order valence-corrected chi connectivity index (χ1v) is 10.0. The molecular weight excluding hydrogens is 433 g/mol. The summed E-state index contributed by atoms with van der Waals surface area (Å²) in [5.74, 6) is -0.604. The number of aromatic nitrogens is 2. The lowest BCUT2D eigenvalue weighted by molar-refractivity contribution is -0.137. The number of nitrogens with one attached hydrogen (secondary N) is 2. The number of anilines is 2. The molecule has 0 aliphatic carbocycles. The van der Waals surface area contributed by atoms with E-state index in [4.69, 9.17) is 4.74 Å². The molecule has 3 rings (SSSR count). The van der Waals surface area contributed by atoms with Gasteiger partial charge in [-0.1, -0.05) is 0 Å². The Labute approximate surface area is 180 Å². The van der Waals surface area contributed by atoms with Gasteiger partial charge in [0.1, 0.15) is 10.4 Å². The first-order valence-electron chi connectivity index (χ1n) is 9.20. The van der Waals surface area contributed by atoms with E-state index in [0.29, 0.717) is 4.88 Å². The smallest absolute Gasteiger partial charge is 0.416 e. The molecule has 1 aromatic carbocycles. The largest absolute Gasteiger partial charge is 0.444 e. The van der Waals surface area contributed by atoms with Crippen LogP contribution in [0.5, 0.6) is 0 Å². The summed E-state index contributed by atoms with van der Waals surface area (Å²) in [6.45, 7) is 6.76. The zero-order chi connectivity index (χ0) is 23.1. The number of hydrogen-bond donors (Lipinski definition) is 2. The summed E-state index contributed by atoms with van der Waals surface area (Å²) in [4.78, 5) is 25.9. The molecule has 0 aliphatic rings. The van der Waals surface area contributed by atoms with Gasteiger partial charge in [-0.3, -0.25) is 14.8 Å². The second-order valence-corrected chi connectivity index (χ2v) is 8.91. The number of alkyl halides is 3. The number of benzene rings is 1. The van der Waals surface area contributed by atoms with Crippen molar-refractivity contribution in [1.82, 2.24) is 9.78 Å². The highest BCUT2D eigenvalue weighted by atomic mass is 32.1. The second kappa shape index (κ2) is 7.88. The number of halogens is 3. The van der Waals surface area contributed by atoms with E-state index < -0.39 is 29.3 Å². The Balaban J connectivity index is 1.93. The van der Waals surface area contributed by atoms with Crippen LogP contribution < -0.4 is 10.6 Å². The molecule has 166 valence electrons.